The van der Waals surface area contributed by atoms with Gasteiger partial charge in [-0.15, -0.1) is 11.3 Å². The van der Waals surface area contributed by atoms with Crippen LogP contribution in [0.2, 0.25) is 0 Å². The van der Waals surface area contributed by atoms with Gasteiger partial charge in [-0.2, -0.15) is 0 Å². The van der Waals surface area contributed by atoms with Gasteiger partial charge >= 0.3 is 6.09 Å². The van der Waals surface area contributed by atoms with E-state index in [-0.39, 0.29) is 12.4 Å². The molecule has 2 aromatic rings. The third kappa shape index (κ3) is 3.82. The Balaban J connectivity index is 1.72. The maximum Gasteiger partial charge on any atom is 0.412 e. The predicted molar refractivity (Wildman–Crippen MR) is 92.4 cm³/mol. The molecule has 1 amide bonds. The van der Waals surface area contributed by atoms with Crippen molar-refractivity contribution in [1.82, 2.24) is 9.88 Å². The van der Waals surface area contributed by atoms with Crippen LogP contribution in [0.25, 0.3) is 0 Å². The summed E-state index contributed by atoms with van der Waals surface area (Å²) in [5.74, 6) is -0.390. The molecule has 2 heterocycles. The molecular formula is C16H19FN4O2S. The molecule has 0 atom stereocenters. The molecule has 1 aromatic carbocycles. The summed E-state index contributed by atoms with van der Waals surface area (Å²) in [6.07, 6.45) is 0.647. The van der Waals surface area contributed by atoms with Crippen molar-refractivity contribution < 1.29 is 14.3 Å². The number of likely N-dealkylation sites (N-methyl/N-ethyl adjacent to an activating group) is 1. The molecule has 8 heteroatoms. The van der Waals surface area contributed by atoms with Crippen LogP contribution in [-0.2, 0) is 6.54 Å². The van der Waals surface area contributed by atoms with E-state index >= 15 is 0 Å². The predicted octanol–water partition coefficient (Wildman–Crippen LogP) is 2.72. The molecule has 1 N–H and O–H groups in total. The van der Waals surface area contributed by atoms with Crippen molar-refractivity contribution in [2.24, 2.45) is 0 Å². The number of hydrogen-bond acceptors (Lipinski definition) is 5. The lowest BCUT2D eigenvalue weighted by molar-refractivity contribution is 0.201. The molecular weight excluding hydrogens is 331 g/mol. The molecule has 1 aliphatic rings. The number of hydrogen-bond donors (Lipinski definition) is 1. The molecule has 24 heavy (non-hydrogen) atoms. The van der Waals surface area contributed by atoms with Crippen LogP contribution in [-0.4, -0.2) is 54.3 Å². The topological polar surface area (TPSA) is 59.9 Å². The number of halogens is 1. The number of carboxylic acid groups (broad SMARTS) is 1. The summed E-state index contributed by atoms with van der Waals surface area (Å²) >= 11 is 1.50. The number of aromatic nitrogens is 1. The van der Waals surface area contributed by atoms with Crippen LogP contribution in [0.3, 0.4) is 0 Å². The van der Waals surface area contributed by atoms with Gasteiger partial charge in [-0.1, -0.05) is 0 Å². The summed E-state index contributed by atoms with van der Waals surface area (Å²) in [6, 6.07) is 5.44. The quantitative estimate of drug-likeness (QED) is 0.919. The van der Waals surface area contributed by atoms with E-state index < -0.39 is 6.09 Å². The van der Waals surface area contributed by atoms with E-state index in [0.29, 0.717) is 5.69 Å². The van der Waals surface area contributed by atoms with E-state index in [2.05, 4.69) is 21.8 Å². The minimum Gasteiger partial charge on any atom is -0.465 e. The van der Waals surface area contributed by atoms with Crippen LogP contribution < -0.4 is 9.80 Å². The van der Waals surface area contributed by atoms with Crippen molar-refractivity contribution >= 4 is 28.2 Å². The third-order valence-electron chi connectivity index (χ3n) is 4.00. The maximum absolute atomic E-state index is 13.0. The van der Waals surface area contributed by atoms with Gasteiger partial charge < -0.3 is 14.9 Å². The number of thiazole rings is 1. The maximum atomic E-state index is 13.0. The third-order valence-corrected chi connectivity index (χ3v) is 5.04. The average molecular weight is 350 g/mol. The Morgan fingerprint density at radius 2 is 1.96 bits per heavy atom. The Kier molecular flexibility index (Phi) is 4.96. The van der Waals surface area contributed by atoms with Crippen LogP contribution in [0.4, 0.5) is 20.0 Å². The van der Waals surface area contributed by atoms with Gasteiger partial charge in [-0.25, -0.2) is 14.2 Å². The lowest BCUT2D eigenvalue weighted by Crippen LogP contribution is -2.44. The van der Waals surface area contributed by atoms with Crippen molar-refractivity contribution in [3.8, 4) is 0 Å². The second-order valence-corrected chi connectivity index (χ2v) is 6.84. The fraction of sp³-hybridized carbons (Fsp3) is 0.375. The van der Waals surface area contributed by atoms with Gasteiger partial charge in [0.1, 0.15) is 5.82 Å². The molecule has 0 aliphatic carbocycles. The van der Waals surface area contributed by atoms with Gasteiger partial charge in [0.25, 0.3) is 0 Å². The first-order valence-corrected chi connectivity index (χ1v) is 8.49. The molecule has 0 radical (unpaired) electrons. The summed E-state index contributed by atoms with van der Waals surface area (Å²) < 4.78 is 13.0. The fourth-order valence-electron chi connectivity index (χ4n) is 2.56. The zero-order valence-corrected chi connectivity index (χ0v) is 14.2. The van der Waals surface area contributed by atoms with Crippen molar-refractivity contribution in [3.63, 3.8) is 0 Å². The Hall–Kier alpha value is -2.19. The Labute approximate surface area is 143 Å². The standard InChI is InChI=1S/C16H19FN4O2S/c1-19-6-8-20(9-7-19)15-18-10-14(24-15)11-21(16(22)23)13-4-2-12(17)3-5-13/h2-5,10H,6-9,11H2,1H3,(H,22,23). The first kappa shape index (κ1) is 16.7. The largest absolute Gasteiger partial charge is 0.465 e. The highest BCUT2D eigenvalue weighted by Gasteiger charge is 2.20. The Morgan fingerprint density at radius 3 is 2.58 bits per heavy atom. The Morgan fingerprint density at radius 1 is 1.29 bits per heavy atom. The van der Waals surface area contributed by atoms with Gasteiger partial charge in [0.05, 0.1) is 6.54 Å². The van der Waals surface area contributed by atoms with Crippen molar-refractivity contribution in [1.29, 1.82) is 0 Å². The van der Waals surface area contributed by atoms with Gasteiger partial charge in [0, 0.05) is 42.9 Å². The average Bonchev–Trinajstić information content (AvgIpc) is 3.03. The molecule has 1 aliphatic heterocycles. The number of amides is 1. The lowest BCUT2D eigenvalue weighted by Gasteiger charge is -2.32. The van der Waals surface area contributed by atoms with E-state index in [1.165, 1.54) is 40.5 Å². The molecule has 0 spiro atoms. The molecule has 3 rings (SSSR count). The van der Waals surface area contributed by atoms with Crippen LogP contribution >= 0.6 is 11.3 Å². The number of nitrogens with zero attached hydrogens (tertiary/aromatic N) is 4. The van der Waals surface area contributed by atoms with Crippen LogP contribution in [0.5, 0.6) is 0 Å². The van der Waals surface area contributed by atoms with E-state index in [1.54, 1.807) is 6.20 Å². The van der Waals surface area contributed by atoms with Crippen LogP contribution in [0, 0.1) is 5.82 Å². The molecule has 6 nitrogen and oxygen atoms in total. The van der Waals surface area contributed by atoms with Gasteiger partial charge in [0.2, 0.25) is 0 Å². The highest BCUT2D eigenvalue weighted by Crippen LogP contribution is 2.26. The van der Waals surface area contributed by atoms with Crippen molar-refractivity contribution in [2.45, 2.75) is 6.54 Å². The molecule has 0 saturated carbocycles. The molecule has 0 unspecified atom stereocenters. The van der Waals surface area contributed by atoms with Crippen molar-refractivity contribution in [3.05, 3.63) is 41.2 Å². The fourth-order valence-corrected chi connectivity index (χ4v) is 3.51. The SMILES string of the molecule is CN1CCN(c2ncc(CN(C(=O)O)c3ccc(F)cc3)s2)CC1. The summed E-state index contributed by atoms with van der Waals surface area (Å²) in [5, 5.41) is 10.4. The summed E-state index contributed by atoms with van der Waals surface area (Å²) in [4.78, 5) is 22.5. The van der Waals surface area contributed by atoms with Crippen molar-refractivity contribution in [2.75, 3.05) is 43.0 Å². The monoisotopic (exact) mass is 350 g/mol. The first-order chi connectivity index (χ1) is 11.5. The molecule has 128 valence electrons. The zero-order valence-electron chi connectivity index (χ0n) is 13.4. The molecule has 1 saturated heterocycles. The van der Waals surface area contributed by atoms with Crippen LogP contribution in [0.15, 0.2) is 30.5 Å². The second-order valence-electron chi connectivity index (χ2n) is 5.74. The normalized spacial score (nSPS) is 15.5. The smallest absolute Gasteiger partial charge is 0.412 e. The highest BCUT2D eigenvalue weighted by atomic mass is 32.1. The number of benzene rings is 1. The molecule has 1 aromatic heterocycles. The lowest BCUT2D eigenvalue weighted by atomic mass is 10.3. The number of anilines is 2. The Bertz CT molecular complexity index is 698. The summed E-state index contributed by atoms with van der Waals surface area (Å²) in [5.41, 5.74) is 0.443. The van der Waals surface area contributed by atoms with Gasteiger partial charge in [0.15, 0.2) is 5.13 Å². The van der Waals surface area contributed by atoms with E-state index in [4.69, 9.17) is 0 Å². The first-order valence-electron chi connectivity index (χ1n) is 7.67. The number of carbonyl (C=O) groups is 1. The summed E-state index contributed by atoms with van der Waals surface area (Å²) in [7, 11) is 2.10. The zero-order chi connectivity index (χ0) is 17.1. The minimum absolute atomic E-state index is 0.201. The van der Waals surface area contributed by atoms with E-state index in [9.17, 15) is 14.3 Å². The minimum atomic E-state index is -1.07. The van der Waals surface area contributed by atoms with Gasteiger partial charge in [-0.05, 0) is 31.3 Å². The van der Waals surface area contributed by atoms with Crippen LogP contribution in [0.1, 0.15) is 4.88 Å². The second kappa shape index (κ2) is 7.14. The van der Waals surface area contributed by atoms with Gasteiger partial charge in [-0.3, -0.25) is 4.90 Å². The van der Waals surface area contributed by atoms with E-state index in [1.807, 2.05) is 0 Å². The molecule has 0 bridgehead atoms. The summed E-state index contributed by atoms with van der Waals surface area (Å²) in [6.45, 7) is 4.03. The number of rotatable bonds is 4. The highest BCUT2D eigenvalue weighted by molar-refractivity contribution is 7.15. The number of piperazine rings is 1. The molecule has 1 fully saturated rings. The van der Waals surface area contributed by atoms with E-state index in [0.717, 1.165) is 36.2 Å².